The molecule has 0 amide bonds. The van der Waals surface area contributed by atoms with Gasteiger partial charge in [0.15, 0.2) is 0 Å². The van der Waals surface area contributed by atoms with E-state index >= 15 is 0 Å². The van der Waals surface area contributed by atoms with Crippen molar-refractivity contribution in [1.82, 2.24) is 0 Å². The molecule has 1 atom stereocenters. The third-order valence-electron chi connectivity index (χ3n) is 4.09. The summed E-state index contributed by atoms with van der Waals surface area (Å²) >= 11 is 0. The van der Waals surface area contributed by atoms with Crippen LogP contribution in [0, 0.1) is 5.92 Å². The summed E-state index contributed by atoms with van der Waals surface area (Å²) in [5.74, 6) is 2.45. The van der Waals surface area contributed by atoms with Gasteiger partial charge in [0.2, 0.25) is 0 Å². The van der Waals surface area contributed by atoms with Crippen molar-refractivity contribution in [1.29, 1.82) is 0 Å². The Kier molecular flexibility index (Phi) is 14.1. The summed E-state index contributed by atoms with van der Waals surface area (Å²) in [4.78, 5) is 10.3. The highest BCUT2D eigenvalue weighted by molar-refractivity contribution is 5.50. The van der Waals surface area contributed by atoms with E-state index in [9.17, 15) is 4.79 Å². The van der Waals surface area contributed by atoms with Crippen LogP contribution in [0.15, 0.2) is 5.70 Å². The zero-order chi connectivity index (χ0) is 15.1. The molecule has 0 aromatic carbocycles. The van der Waals surface area contributed by atoms with E-state index in [0.29, 0.717) is 18.0 Å². The predicted molar refractivity (Wildman–Crippen MR) is 88.3 cm³/mol. The highest BCUT2D eigenvalue weighted by atomic mass is 16.1. The topological polar surface area (TPSA) is 43.1 Å². The van der Waals surface area contributed by atoms with Crippen LogP contribution in [0.2, 0.25) is 0 Å². The van der Waals surface area contributed by atoms with E-state index in [1.54, 1.807) is 5.94 Å². The minimum absolute atomic E-state index is 0.375. The second-order valence-corrected chi connectivity index (χ2v) is 6.24. The van der Waals surface area contributed by atoms with Crippen LogP contribution >= 0.6 is 0 Å². The van der Waals surface area contributed by atoms with Crippen LogP contribution in [-0.4, -0.2) is 5.94 Å². The first kappa shape index (κ1) is 19.2. The smallest absolute Gasteiger partial charge is 0.145 e. The van der Waals surface area contributed by atoms with Crippen molar-refractivity contribution >= 4 is 5.94 Å². The summed E-state index contributed by atoms with van der Waals surface area (Å²) in [5, 5.41) is 0. The predicted octanol–water partition coefficient (Wildman–Crippen LogP) is 5.39. The van der Waals surface area contributed by atoms with E-state index < -0.39 is 0 Å². The Morgan fingerprint density at radius 2 is 1.40 bits per heavy atom. The standard InChI is InChI=1S/C18H35NO/c1-3-4-5-6-7-8-9-10-11-12-13-17(2)14-15-18(19)16-20/h17H,3-15,19H2,1-2H3. The number of rotatable bonds is 14. The summed E-state index contributed by atoms with van der Waals surface area (Å²) < 4.78 is 0. The van der Waals surface area contributed by atoms with Gasteiger partial charge in [0.25, 0.3) is 0 Å². The van der Waals surface area contributed by atoms with Crippen LogP contribution < -0.4 is 5.73 Å². The maximum absolute atomic E-state index is 10.3. The molecule has 0 aromatic heterocycles. The number of nitrogens with two attached hydrogens (primary N) is 1. The molecule has 0 rings (SSSR count). The molecule has 0 saturated heterocycles. The third kappa shape index (κ3) is 13.7. The fourth-order valence-electron chi connectivity index (χ4n) is 2.58. The largest absolute Gasteiger partial charge is 0.393 e. The molecule has 2 heteroatoms. The number of hydrogen-bond donors (Lipinski definition) is 1. The zero-order valence-electron chi connectivity index (χ0n) is 13.8. The molecule has 0 aliphatic carbocycles. The van der Waals surface area contributed by atoms with Crippen molar-refractivity contribution in [2.75, 3.05) is 0 Å². The van der Waals surface area contributed by atoms with E-state index in [0.717, 1.165) is 6.42 Å². The summed E-state index contributed by atoms with van der Waals surface area (Å²) in [7, 11) is 0. The van der Waals surface area contributed by atoms with Crippen molar-refractivity contribution in [3.8, 4) is 0 Å². The molecular formula is C18H35NO. The first-order chi connectivity index (χ1) is 9.70. The summed E-state index contributed by atoms with van der Waals surface area (Å²) in [6.07, 6.45) is 16.9. The molecule has 0 spiro atoms. The number of hydrogen-bond acceptors (Lipinski definition) is 2. The molecule has 0 aliphatic rings. The molecule has 0 aromatic rings. The molecule has 0 radical (unpaired) electrons. The van der Waals surface area contributed by atoms with Gasteiger partial charge < -0.3 is 5.73 Å². The van der Waals surface area contributed by atoms with E-state index in [2.05, 4.69) is 13.8 Å². The van der Waals surface area contributed by atoms with Gasteiger partial charge in [0.1, 0.15) is 5.94 Å². The number of carbonyl (C=O) groups excluding carboxylic acids is 1. The molecule has 1 unspecified atom stereocenters. The van der Waals surface area contributed by atoms with E-state index in [1.807, 2.05) is 0 Å². The molecule has 2 nitrogen and oxygen atoms in total. The number of unbranched alkanes of at least 4 members (excludes halogenated alkanes) is 9. The van der Waals surface area contributed by atoms with Gasteiger partial charge in [-0.25, -0.2) is 4.79 Å². The highest BCUT2D eigenvalue weighted by Gasteiger charge is 2.03. The van der Waals surface area contributed by atoms with Crippen LogP contribution in [0.5, 0.6) is 0 Å². The lowest BCUT2D eigenvalue weighted by Gasteiger charge is -2.10. The lowest BCUT2D eigenvalue weighted by Crippen LogP contribution is -2.02. The van der Waals surface area contributed by atoms with Crippen molar-refractivity contribution < 1.29 is 4.79 Å². The SMILES string of the molecule is CCCCCCCCCCCCC(C)CCC(N)=C=O. The number of allylic oxidation sites excluding steroid dienone is 1. The molecule has 0 bridgehead atoms. The molecular weight excluding hydrogens is 246 g/mol. The quantitative estimate of drug-likeness (QED) is 0.343. The van der Waals surface area contributed by atoms with Gasteiger partial charge in [0, 0.05) is 0 Å². The normalized spacial score (nSPS) is 12.1. The first-order valence-electron chi connectivity index (χ1n) is 8.70. The Morgan fingerprint density at radius 1 is 0.900 bits per heavy atom. The van der Waals surface area contributed by atoms with Crippen LogP contribution in [-0.2, 0) is 4.79 Å². The molecule has 0 fully saturated rings. The lowest BCUT2D eigenvalue weighted by molar-refractivity contribution is 0.453. The monoisotopic (exact) mass is 281 g/mol. The van der Waals surface area contributed by atoms with Crippen molar-refractivity contribution in [2.24, 2.45) is 11.7 Å². The fraction of sp³-hybridized carbons (Fsp3) is 0.889. The van der Waals surface area contributed by atoms with E-state index in [4.69, 9.17) is 5.73 Å². The van der Waals surface area contributed by atoms with Gasteiger partial charge >= 0.3 is 0 Å². The van der Waals surface area contributed by atoms with Gasteiger partial charge in [-0.3, -0.25) is 0 Å². The van der Waals surface area contributed by atoms with Crippen LogP contribution in [0.1, 0.15) is 97.3 Å². The Labute approximate surface area is 126 Å². The maximum atomic E-state index is 10.3. The molecule has 2 N–H and O–H groups in total. The third-order valence-corrected chi connectivity index (χ3v) is 4.09. The summed E-state index contributed by atoms with van der Waals surface area (Å²) in [6, 6.07) is 0. The first-order valence-corrected chi connectivity index (χ1v) is 8.70. The van der Waals surface area contributed by atoms with Crippen molar-refractivity contribution in [3.05, 3.63) is 5.70 Å². The van der Waals surface area contributed by atoms with Gasteiger partial charge in [0.05, 0.1) is 5.70 Å². The molecule has 0 heterocycles. The van der Waals surface area contributed by atoms with E-state index in [1.165, 1.54) is 70.6 Å². The Hall–Kier alpha value is -0.750. The maximum Gasteiger partial charge on any atom is 0.145 e. The Morgan fingerprint density at radius 3 is 1.90 bits per heavy atom. The van der Waals surface area contributed by atoms with Gasteiger partial charge in [-0.2, -0.15) is 0 Å². The van der Waals surface area contributed by atoms with Gasteiger partial charge in [-0.1, -0.05) is 84.5 Å². The Balaban J connectivity index is 3.21. The lowest BCUT2D eigenvalue weighted by atomic mass is 9.97. The zero-order valence-corrected chi connectivity index (χ0v) is 13.8. The average molecular weight is 281 g/mol. The molecule has 20 heavy (non-hydrogen) atoms. The second kappa shape index (κ2) is 14.7. The van der Waals surface area contributed by atoms with Crippen LogP contribution in [0.25, 0.3) is 0 Å². The minimum Gasteiger partial charge on any atom is -0.393 e. The second-order valence-electron chi connectivity index (χ2n) is 6.24. The Bertz CT molecular complexity index is 256. The minimum atomic E-state index is 0.375. The summed E-state index contributed by atoms with van der Waals surface area (Å²) in [5.41, 5.74) is 5.84. The highest BCUT2D eigenvalue weighted by Crippen LogP contribution is 2.17. The van der Waals surface area contributed by atoms with Crippen molar-refractivity contribution in [3.63, 3.8) is 0 Å². The molecule has 0 saturated carbocycles. The van der Waals surface area contributed by atoms with E-state index in [-0.39, 0.29) is 0 Å². The fourth-order valence-corrected chi connectivity index (χ4v) is 2.58. The molecule has 0 aliphatic heterocycles. The molecule has 118 valence electrons. The average Bonchev–Trinajstić information content (AvgIpc) is 2.46. The van der Waals surface area contributed by atoms with Crippen molar-refractivity contribution in [2.45, 2.75) is 97.3 Å². The van der Waals surface area contributed by atoms with Gasteiger partial charge in [-0.05, 0) is 18.8 Å². The summed E-state index contributed by atoms with van der Waals surface area (Å²) in [6.45, 7) is 4.52. The van der Waals surface area contributed by atoms with Crippen LogP contribution in [0.4, 0.5) is 0 Å². The van der Waals surface area contributed by atoms with Gasteiger partial charge in [-0.15, -0.1) is 0 Å². The van der Waals surface area contributed by atoms with Crippen LogP contribution in [0.3, 0.4) is 0 Å².